The number of nitriles is 1. The van der Waals surface area contributed by atoms with E-state index in [-0.39, 0.29) is 78.5 Å². The van der Waals surface area contributed by atoms with Crippen LogP contribution in [0.4, 0.5) is 21.9 Å². The van der Waals surface area contributed by atoms with Gasteiger partial charge in [-0.05, 0) is 126 Å². The van der Waals surface area contributed by atoms with Gasteiger partial charge in [0.1, 0.15) is 24.4 Å². The maximum absolute atomic E-state index is 14.2. The molecule has 0 bridgehead atoms. The van der Waals surface area contributed by atoms with Gasteiger partial charge in [0.25, 0.3) is 23.6 Å². The van der Waals surface area contributed by atoms with E-state index in [4.69, 9.17) is 33.7 Å². The third-order valence-electron chi connectivity index (χ3n) is 15.8. The number of fused-ring (bicyclic) bond motifs is 4. The van der Waals surface area contributed by atoms with Gasteiger partial charge >= 0.3 is 6.09 Å². The van der Waals surface area contributed by atoms with E-state index in [0.717, 1.165) is 33.4 Å². The van der Waals surface area contributed by atoms with Crippen LogP contribution in [0.1, 0.15) is 124 Å². The molecule has 5 heterocycles. The molecule has 4 aromatic carbocycles. The summed E-state index contributed by atoms with van der Waals surface area (Å²) in [7, 11) is 2.96. The van der Waals surface area contributed by atoms with E-state index < -0.39 is 60.0 Å². The van der Waals surface area contributed by atoms with Crippen LogP contribution in [0.25, 0.3) is 0 Å². The maximum Gasteiger partial charge on any atom is 0.416 e. The summed E-state index contributed by atoms with van der Waals surface area (Å²) in [5, 5.41) is 29.1. The summed E-state index contributed by atoms with van der Waals surface area (Å²) in [5.74, 6) is -2.01. The lowest BCUT2D eigenvalue weighted by atomic mass is 10.0. The van der Waals surface area contributed by atoms with Gasteiger partial charge in [-0.1, -0.05) is 43.5 Å². The molecule has 0 saturated heterocycles. The molecule has 5 atom stereocenters. The van der Waals surface area contributed by atoms with Crippen LogP contribution < -0.4 is 44.5 Å². The molecule has 4 N–H and O–H groups in total. The zero-order valence-corrected chi connectivity index (χ0v) is 51.2. The van der Waals surface area contributed by atoms with Crippen LogP contribution in [0, 0.1) is 17.2 Å². The van der Waals surface area contributed by atoms with Crippen LogP contribution in [0.15, 0.2) is 113 Å². The Morgan fingerprint density at radius 2 is 1.38 bits per heavy atom. The number of nitrogens with one attached hydrogen (secondary N) is 3. The number of rotatable bonds is 26. The molecule has 5 aliphatic heterocycles. The average Bonchev–Trinajstić information content (AvgIpc) is 1.59. The fraction of sp³-hybridized carbons (Fsp3) is 0.394. The van der Waals surface area contributed by atoms with E-state index >= 15 is 0 Å². The second-order valence-electron chi connectivity index (χ2n) is 22.9. The van der Waals surface area contributed by atoms with Gasteiger partial charge in [-0.25, -0.2) is 9.69 Å². The Kier molecular flexibility index (Phi) is 20.7. The highest BCUT2D eigenvalue weighted by molar-refractivity contribution is 6.15. The minimum atomic E-state index is -1.53. The predicted octanol–water partition coefficient (Wildman–Crippen LogP) is 8.11. The largest absolute Gasteiger partial charge is 0.493 e. The van der Waals surface area contributed by atoms with Crippen molar-refractivity contribution in [1.82, 2.24) is 25.3 Å². The van der Waals surface area contributed by atoms with Gasteiger partial charge < -0.3 is 59.3 Å². The van der Waals surface area contributed by atoms with E-state index in [1.807, 2.05) is 26.1 Å². The molecular formula is C66H73N9O15. The Morgan fingerprint density at radius 1 is 0.733 bits per heavy atom. The monoisotopic (exact) mass is 1230 g/mol. The summed E-state index contributed by atoms with van der Waals surface area (Å²) in [6, 6.07) is 18.0. The Bertz CT molecular complexity index is 3610. The number of hydrogen-bond acceptors (Lipinski definition) is 17. The van der Waals surface area contributed by atoms with Crippen molar-refractivity contribution in [1.29, 1.82) is 5.26 Å². The van der Waals surface area contributed by atoms with Crippen molar-refractivity contribution < 1.29 is 71.9 Å². The van der Waals surface area contributed by atoms with Gasteiger partial charge in [0, 0.05) is 49.4 Å². The Morgan fingerprint density at radius 3 is 2.06 bits per heavy atom. The summed E-state index contributed by atoms with van der Waals surface area (Å²) >= 11 is 0. The Hall–Kier alpha value is -10.0. The molecule has 4 aromatic rings. The average molecular weight is 1230 g/mol. The number of imide groups is 1. The molecule has 0 spiro atoms. The lowest BCUT2D eigenvalue weighted by Gasteiger charge is -2.31. The molecule has 24 nitrogen and oxygen atoms in total. The second kappa shape index (κ2) is 28.9. The normalized spacial score (nSPS) is 18.0. The molecule has 0 saturated carbocycles. The molecule has 0 aromatic heterocycles. The number of aliphatic hydroxyl groups is 1. The number of aliphatic hydroxyl groups excluding tert-OH is 1. The number of aliphatic imine (C=N–C) groups is 1. The van der Waals surface area contributed by atoms with E-state index in [0.29, 0.717) is 96.9 Å². The van der Waals surface area contributed by atoms with Crippen molar-refractivity contribution in [2.75, 3.05) is 44.2 Å². The Labute approximate surface area is 521 Å². The summed E-state index contributed by atoms with van der Waals surface area (Å²) in [6.07, 6.45) is 8.30. The first kappa shape index (κ1) is 64.5. The van der Waals surface area contributed by atoms with Crippen molar-refractivity contribution in [2.24, 2.45) is 10.9 Å². The number of anilines is 2. The van der Waals surface area contributed by atoms with Gasteiger partial charge in [0.05, 0.1) is 79.7 Å². The highest BCUT2D eigenvalue weighted by atomic mass is 16.6. The number of unbranched alkanes of at least 4 members (excludes halogenated alkanes) is 4. The second-order valence-corrected chi connectivity index (χ2v) is 22.9. The fourth-order valence-corrected chi connectivity index (χ4v) is 10.9. The maximum atomic E-state index is 14.2. The SMILES string of the molecule is COc1cc2c(cc1OCCCCCOc1cc3c(cc1OC)C(=O)N1C=C(C)CC1C(O)N3C(=O)OCc1ccc(NC(=O)C(C)NC(=O)C(NC(=O)CCCCCN3C(=O)C=C(Oc4ccc(C#N)cc4)C3=O)C(C)C)cc1)N=C[C@H]1CC(C)=CN1C2=O. The van der Waals surface area contributed by atoms with Crippen LogP contribution in [0.2, 0.25) is 0 Å². The van der Waals surface area contributed by atoms with Crippen LogP contribution in [-0.2, 0) is 35.3 Å². The molecule has 0 radical (unpaired) electrons. The van der Waals surface area contributed by atoms with Gasteiger partial charge in [-0.3, -0.25) is 43.5 Å². The number of nitrogens with zero attached hydrogens (tertiary/aromatic N) is 6. The summed E-state index contributed by atoms with van der Waals surface area (Å²) < 4.78 is 35.0. The fourth-order valence-electron chi connectivity index (χ4n) is 10.9. The standard InChI is InChI=1S/C66H73N9O15/c1-38(2)59(71-57(76)14-10-8-11-23-72-58(77)32-56(65(72)83)90-46-21-17-42(33-67)18-22-46)61(79)69-41(5)60(78)70-44-19-15-43(16-20-44)37-89-66(84)75-50-31-55(53(86-7)29-48(50)63(81)74-36-40(4)27-51(74)64(75)82)88-25-13-9-12-24-87-54-30-49-47(28-52(54)85-6)62(80)73-35-39(3)26-45(73)34-68-49/h15-22,28-32,34-36,38,41,45,51,59,64,82H,8-14,23-27,37H2,1-7H3,(H,69,79)(H,70,78)(H,71,76)/t41?,45-,51?,59?,64?/m1/s1. The lowest BCUT2D eigenvalue weighted by molar-refractivity contribution is -0.138. The molecule has 4 unspecified atom stereocenters. The van der Waals surface area contributed by atoms with Gasteiger partial charge in [-0.15, -0.1) is 0 Å². The van der Waals surface area contributed by atoms with E-state index in [9.17, 15) is 43.5 Å². The Balaban J connectivity index is 0.732. The zero-order chi connectivity index (χ0) is 64.3. The van der Waals surface area contributed by atoms with Gasteiger partial charge in [-0.2, -0.15) is 5.26 Å². The molecule has 5 aliphatic rings. The molecule has 24 heteroatoms. The van der Waals surface area contributed by atoms with Gasteiger partial charge in [0.15, 0.2) is 35.0 Å². The molecule has 0 fully saturated rings. The minimum Gasteiger partial charge on any atom is -0.493 e. The van der Waals surface area contributed by atoms with Crippen LogP contribution in [-0.4, -0.2) is 138 Å². The van der Waals surface area contributed by atoms with Gasteiger partial charge in [0.2, 0.25) is 17.7 Å². The molecule has 8 amide bonds. The van der Waals surface area contributed by atoms with Crippen molar-refractivity contribution in [3.05, 3.63) is 130 Å². The van der Waals surface area contributed by atoms with E-state index in [2.05, 4.69) is 20.9 Å². The quantitative estimate of drug-likeness (QED) is 0.0341. The molecule has 472 valence electrons. The third-order valence-corrected chi connectivity index (χ3v) is 15.8. The lowest BCUT2D eigenvalue weighted by Crippen LogP contribution is -2.53. The molecule has 90 heavy (non-hydrogen) atoms. The highest BCUT2D eigenvalue weighted by Gasteiger charge is 2.45. The molecular weight excluding hydrogens is 1160 g/mol. The van der Waals surface area contributed by atoms with Crippen LogP contribution in [0.5, 0.6) is 28.7 Å². The first-order chi connectivity index (χ1) is 43.2. The summed E-state index contributed by atoms with van der Waals surface area (Å²) in [4.78, 5) is 117. The van der Waals surface area contributed by atoms with Crippen LogP contribution in [0.3, 0.4) is 0 Å². The first-order valence-electron chi connectivity index (χ1n) is 29.9. The van der Waals surface area contributed by atoms with E-state index in [1.54, 1.807) is 67.6 Å². The van der Waals surface area contributed by atoms with Crippen LogP contribution >= 0.6 is 0 Å². The zero-order valence-electron chi connectivity index (χ0n) is 51.2. The third kappa shape index (κ3) is 14.9. The topological polar surface area (TPSA) is 297 Å². The summed E-state index contributed by atoms with van der Waals surface area (Å²) in [5.41, 5.74) is 4.31. The summed E-state index contributed by atoms with van der Waals surface area (Å²) in [6.45, 7) is 9.26. The van der Waals surface area contributed by atoms with Crippen molar-refractivity contribution in [2.45, 2.75) is 129 Å². The number of carbonyl (C=O) groups excluding carboxylic acids is 8. The first-order valence-corrected chi connectivity index (χ1v) is 29.9. The number of carbonyl (C=O) groups is 8. The number of hydrogen-bond donors (Lipinski definition) is 4. The smallest absolute Gasteiger partial charge is 0.416 e. The minimum absolute atomic E-state index is 0.0550. The number of ether oxygens (including phenoxy) is 6. The molecule has 0 aliphatic carbocycles. The van der Waals surface area contributed by atoms with E-state index in [1.165, 1.54) is 62.4 Å². The van der Waals surface area contributed by atoms with Crippen molar-refractivity contribution in [3.63, 3.8) is 0 Å². The number of methoxy groups -OCH3 is 2. The molecule has 9 rings (SSSR count). The highest BCUT2D eigenvalue weighted by Crippen LogP contribution is 2.43. The van der Waals surface area contributed by atoms with Crippen molar-refractivity contribution in [3.8, 4) is 34.8 Å². The number of benzene rings is 4. The predicted molar refractivity (Wildman–Crippen MR) is 329 cm³/mol. The number of amides is 8. The van der Waals surface area contributed by atoms with Crippen molar-refractivity contribution >= 4 is 70.7 Å².